The first-order valence-electron chi connectivity index (χ1n) is 6.20. The zero-order valence-electron chi connectivity index (χ0n) is 10.8. The lowest BCUT2D eigenvalue weighted by Gasteiger charge is -2.45. The molecule has 1 heterocycles. The molecule has 1 aliphatic rings. The fourth-order valence-electron chi connectivity index (χ4n) is 1.98. The lowest BCUT2D eigenvalue weighted by atomic mass is 9.91. The minimum atomic E-state index is -0.736. The maximum atomic E-state index is 11.8. The molecule has 5 nitrogen and oxygen atoms in total. The van der Waals surface area contributed by atoms with Crippen molar-refractivity contribution in [1.82, 2.24) is 4.90 Å². The Kier molecular flexibility index (Phi) is 3.72. The molecule has 1 aliphatic heterocycles. The van der Waals surface area contributed by atoms with E-state index in [2.05, 4.69) is 0 Å². The van der Waals surface area contributed by atoms with E-state index in [1.807, 2.05) is 13.0 Å². The van der Waals surface area contributed by atoms with E-state index in [4.69, 9.17) is 10.00 Å². The highest BCUT2D eigenvalue weighted by atomic mass is 16.5. The van der Waals surface area contributed by atoms with Crippen LogP contribution in [0.15, 0.2) is 24.3 Å². The number of hydrogen-bond donors (Lipinski definition) is 1. The Morgan fingerprint density at radius 1 is 1.53 bits per heavy atom. The summed E-state index contributed by atoms with van der Waals surface area (Å²) < 4.78 is 5.35. The molecule has 1 aromatic carbocycles. The first-order chi connectivity index (χ1) is 9.08. The highest BCUT2D eigenvalue weighted by Crippen LogP contribution is 2.24. The second kappa shape index (κ2) is 5.29. The summed E-state index contributed by atoms with van der Waals surface area (Å²) in [5.74, 6) is 0.232. The number of likely N-dealkylation sites (tertiary alicyclic amines) is 1. The molecule has 0 spiro atoms. The predicted octanol–water partition coefficient (Wildman–Crippen LogP) is 0.920. The van der Waals surface area contributed by atoms with Gasteiger partial charge in [-0.15, -0.1) is 0 Å². The lowest BCUT2D eigenvalue weighted by molar-refractivity contribution is -0.157. The number of nitriles is 1. The van der Waals surface area contributed by atoms with Crippen molar-refractivity contribution in [3.05, 3.63) is 29.8 Å². The maximum Gasteiger partial charge on any atom is 0.260 e. The fraction of sp³-hybridized carbons (Fsp3) is 0.429. The van der Waals surface area contributed by atoms with Gasteiger partial charge in [-0.1, -0.05) is 19.1 Å². The van der Waals surface area contributed by atoms with Crippen molar-refractivity contribution in [3.63, 3.8) is 0 Å². The van der Waals surface area contributed by atoms with Crippen LogP contribution in [0, 0.1) is 11.3 Å². The van der Waals surface area contributed by atoms with Gasteiger partial charge in [-0.05, 0) is 18.6 Å². The number of nitrogens with zero attached hydrogens (tertiary/aromatic N) is 2. The van der Waals surface area contributed by atoms with Gasteiger partial charge in [-0.25, -0.2) is 0 Å². The summed E-state index contributed by atoms with van der Waals surface area (Å²) in [6, 6.07) is 8.79. The predicted molar refractivity (Wildman–Crippen MR) is 68.5 cm³/mol. The minimum absolute atomic E-state index is 0.113. The molecule has 0 atom stereocenters. The Bertz CT molecular complexity index is 516. The first kappa shape index (κ1) is 13.4. The van der Waals surface area contributed by atoms with Gasteiger partial charge in [-0.2, -0.15) is 5.26 Å². The fourth-order valence-corrected chi connectivity index (χ4v) is 1.98. The molecule has 0 saturated carbocycles. The van der Waals surface area contributed by atoms with Gasteiger partial charge in [0.1, 0.15) is 11.8 Å². The van der Waals surface area contributed by atoms with Gasteiger partial charge in [0.2, 0.25) is 0 Å². The van der Waals surface area contributed by atoms with Crippen LogP contribution in [-0.4, -0.2) is 41.2 Å². The zero-order chi connectivity index (χ0) is 13.9. The van der Waals surface area contributed by atoms with Crippen LogP contribution >= 0.6 is 0 Å². The van der Waals surface area contributed by atoms with Crippen LogP contribution in [0.3, 0.4) is 0 Å². The molecule has 1 saturated heterocycles. The Balaban J connectivity index is 1.87. The number of aliphatic hydroxyl groups is 1. The molecule has 2 rings (SSSR count). The molecule has 5 heteroatoms. The molecule has 1 amide bonds. The number of carbonyl (C=O) groups excluding carboxylic acids is 1. The van der Waals surface area contributed by atoms with Crippen LogP contribution < -0.4 is 4.74 Å². The molecule has 0 bridgehead atoms. The molecular formula is C14H16N2O3. The Labute approximate surface area is 112 Å². The third-order valence-electron chi connectivity index (χ3n) is 3.34. The highest BCUT2D eigenvalue weighted by Gasteiger charge is 2.41. The molecule has 0 radical (unpaired) electrons. The van der Waals surface area contributed by atoms with Crippen LogP contribution in [0.4, 0.5) is 0 Å². The molecule has 1 N–H and O–H groups in total. The summed E-state index contributed by atoms with van der Waals surface area (Å²) in [5, 5.41) is 18.7. The third-order valence-corrected chi connectivity index (χ3v) is 3.34. The van der Waals surface area contributed by atoms with E-state index in [-0.39, 0.29) is 12.5 Å². The van der Waals surface area contributed by atoms with Crippen LogP contribution in [0.2, 0.25) is 0 Å². The molecule has 1 aromatic rings. The minimum Gasteiger partial charge on any atom is -0.482 e. The molecule has 19 heavy (non-hydrogen) atoms. The second-order valence-corrected chi connectivity index (χ2v) is 4.72. The van der Waals surface area contributed by atoms with Crippen LogP contribution in [0.25, 0.3) is 0 Å². The van der Waals surface area contributed by atoms with E-state index < -0.39 is 5.60 Å². The molecule has 0 aromatic heterocycles. The van der Waals surface area contributed by atoms with E-state index in [0.29, 0.717) is 30.8 Å². The number of amides is 1. The van der Waals surface area contributed by atoms with E-state index >= 15 is 0 Å². The third kappa shape index (κ3) is 2.85. The van der Waals surface area contributed by atoms with Gasteiger partial charge >= 0.3 is 0 Å². The number of carbonyl (C=O) groups is 1. The average Bonchev–Trinajstić information content (AvgIpc) is 2.41. The van der Waals surface area contributed by atoms with Crippen LogP contribution in [0.1, 0.15) is 18.9 Å². The summed E-state index contributed by atoms with van der Waals surface area (Å²) in [5.41, 5.74) is -0.329. The summed E-state index contributed by atoms with van der Waals surface area (Å²) in [6.07, 6.45) is 0.634. The maximum absolute atomic E-state index is 11.8. The summed E-state index contributed by atoms with van der Waals surface area (Å²) in [6.45, 7) is 2.48. The summed E-state index contributed by atoms with van der Waals surface area (Å²) in [4.78, 5) is 13.4. The zero-order valence-corrected chi connectivity index (χ0v) is 10.8. The smallest absolute Gasteiger partial charge is 0.260 e. The van der Waals surface area contributed by atoms with E-state index in [0.717, 1.165) is 0 Å². The Morgan fingerprint density at radius 2 is 2.21 bits per heavy atom. The van der Waals surface area contributed by atoms with Crippen molar-refractivity contribution in [2.45, 2.75) is 18.9 Å². The van der Waals surface area contributed by atoms with Crippen molar-refractivity contribution in [2.75, 3.05) is 19.7 Å². The first-order valence-corrected chi connectivity index (χ1v) is 6.20. The molecule has 100 valence electrons. The van der Waals surface area contributed by atoms with E-state index in [9.17, 15) is 9.90 Å². The molecule has 1 fully saturated rings. The van der Waals surface area contributed by atoms with Gasteiger partial charge in [0, 0.05) is 0 Å². The van der Waals surface area contributed by atoms with Crippen molar-refractivity contribution in [1.29, 1.82) is 5.26 Å². The quantitative estimate of drug-likeness (QED) is 0.873. The normalized spacial score (nSPS) is 16.4. The largest absolute Gasteiger partial charge is 0.482 e. The van der Waals surface area contributed by atoms with Gasteiger partial charge < -0.3 is 14.7 Å². The monoisotopic (exact) mass is 260 g/mol. The number of hydrogen-bond acceptors (Lipinski definition) is 4. The standard InChI is InChI=1S/C14H16N2O3/c1-2-14(18)9-16(10-14)13(17)8-19-12-6-4-3-5-11(12)7-15/h3-6,18H,2,8-10H2,1H3. The Hall–Kier alpha value is -2.06. The lowest BCUT2D eigenvalue weighted by Crippen LogP contribution is -2.63. The molecule has 0 unspecified atom stereocenters. The van der Waals surface area contributed by atoms with Crippen LogP contribution in [-0.2, 0) is 4.79 Å². The van der Waals surface area contributed by atoms with Crippen molar-refractivity contribution < 1.29 is 14.6 Å². The van der Waals surface area contributed by atoms with Gasteiger partial charge in [-0.3, -0.25) is 4.79 Å². The number of β-amino-alcohol motifs (C(OH)–C–C–N with tert-alkyl or cyclic N) is 1. The van der Waals surface area contributed by atoms with Crippen molar-refractivity contribution in [2.24, 2.45) is 0 Å². The molecular weight excluding hydrogens is 244 g/mol. The van der Waals surface area contributed by atoms with Crippen LogP contribution in [0.5, 0.6) is 5.75 Å². The average molecular weight is 260 g/mol. The number of ether oxygens (including phenoxy) is 1. The van der Waals surface area contributed by atoms with Crippen molar-refractivity contribution in [3.8, 4) is 11.8 Å². The second-order valence-electron chi connectivity index (χ2n) is 4.72. The molecule has 0 aliphatic carbocycles. The number of rotatable bonds is 4. The summed E-state index contributed by atoms with van der Waals surface area (Å²) in [7, 11) is 0. The summed E-state index contributed by atoms with van der Waals surface area (Å²) >= 11 is 0. The SMILES string of the molecule is CCC1(O)CN(C(=O)COc2ccccc2C#N)C1. The van der Waals surface area contributed by atoms with E-state index in [1.165, 1.54) is 0 Å². The topological polar surface area (TPSA) is 73.6 Å². The van der Waals surface area contributed by atoms with Gasteiger partial charge in [0.05, 0.1) is 24.3 Å². The van der Waals surface area contributed by atoms with E-state index in [1.54, 1.807) is 29.2 Å². The van der Waals surface area contributed by atoms with Crippen molar-refractivity contribution >= 4 is 5.91 Å². The Morgan fingerprint density at radius 3 is 2.84 bits per heavy atom. The highest BCUT2D eigenvalue weighted by molar-refractivity contribution is 5.79. The van der Waals surface area contributed by atoms with Gasteiger partial charge in [0.15, 0.2) is 6.61 Å². The number of benzene rings is 1. The number of para-hydroxylation sites is 1. The van der Waals surface area contributed by atoms with Gasteiger partial charge in [0.25, 0.3) is 5.91 Å².